The second-order valence-electron chi connectivity index (χ2n) is 8.92. The lowest BCUT2D eigenvalue weighted by atomic mass is 9.90. The average molecular weight is 452 g/mol. The van der Waals surface area contributed by atoms with Gasteiger partial charge in [0.15, 0.2) is 11.5 Å². The van der Waals surface area contributed by atoms with Crippen LogP contribution in [0.3, 0.4) is 0 Å². The third kappa shape index (κ3) is 4.99. The van der Waals surface area contributed by atoms with E-state index in [-0.39, 0.29) is 29.5 Å². The molecule has 0 aromatic heterocycles. The van der Waals surface area contributed by atoms with Crippen LogP contribution in [0, 0.1) is 27.4 Å². The highest BCUT2D eigenvalue weighted by Gasteiger charge is 2.64. The van der Waals surface area contributed by atoms with Gasteiger partial charge in [-0.25, -0.2) is 5.43 Å². The summed E-state index contributed by atoms with van der Waals surface area (Å²) in [6.07, 6.45) is 6.29. The van der Waals surface area contributed by atoms with E-state index in [1.165, 1.54) is 25.0 Å². The van der Waals surface area contributed by atoms with Crippen molar-refractivity contribution in [2.45, 2.75) is 46.1 Å². The maximum absolute atomic E-state index is 12.6. The van der Waals surface area contributed by atoms with E-state index in [9.17, 15) is 14.9 Å². The lowest BCUT2D eigenvalue weighted by Gasteiger charge is -2.15. The number of hydrazone groups is 1. The molecule has 3 atom stereocenters. The Hall–Kier alpha value is -3.42. The molecule has 0 aliphatic heterocycles. The van der Waals surface area contributed by atoms with Crippen LogP contribution in [-0.2, 0) is 11.4 Å². The smallest absolute Gasteiger partial charge is 0.269 e. The largest absolute Gasteiger partial charge is 0.490 e. The summed E-state index contributed by atoms with van der Waals surface area (Å²) in [6.45, 7) is 4.82. The summed E-state index contributed by atoms with van der Waals surface area (Å²) in [5.74, 6) is 1.71. The van der Waals surface area contributed by atoms with E-state index >= 15 is 0 Å². The molecule has 2 aromatic rings. The second kappa shape index (κ2) is 9.60. The number of non-ortho nitro benzene ring substituents is 1. The molecule has 1 amide bonds. The molecule has 0 radical (unpaired) electrons. The molecule has 4 rings (SSSR count). The minimum Gasteiger partial charge on any atom is -0.490 e. The minimum absolute atomic E-state index is 0.00809. The zero-order valence-electron chi connectivity index (χ0n) is 19.0. The fourth-order valence-electron chi connectivity index (χ4n) is 4.96. The van der Waals surface area contributed by atoms with E-state index in [0.717, 1.165) is 24.0 Å². The molecule has 0 saturated heterocycles. The lowest BCUT2D eigenvalue weighted by Crippen LogP contribution is -2.22. The van der Waals surface area contributed by atoms with Crippen molar-refractivity contribution in [2.24, 2.45) is 22.4 Å². The zero-order chi connectivity index (χ0) is 23.4. The zero-order valence-corrected chi connectivity index (χ0v) is 19.0. The van der Waals surface area contributed by atoms with Gasteiger partial charge >= 0.3 is 0 Å². The number of nitrogens with one attached hydrogen (secondary N) is 1. The number of nitro benzene ring substituents is 1. The van der Waals surface area contributed by atoms with Gasteiger partial charge in [0.1, 0.15) is 6.61 Å². The minimum atomic E-state index is -0.432. The highest BCUT2D eigenvalue weighted by Crippen LogP contribution is 2.66. The van der Waals surface area contributed by atoms with E-state index in [1.807, 2.05) is 19.1 Å². The summed E-state index contributed by atoms with van der Waals surface area (Å²) < 4.78 is 11.6. The maximum atomic E-state index is 12.6. The monoisotopic (exact) mass is 451 g/mol. The van der Waals surface area contributed by atoms with Gasteiger partial charge in [0.2, 0.25) is 5.91 Å². The van der Waals surface area contributed by atoms with Crippen LogP contribution in [0.25, 0.3) is 0 Å². The van der Waals surface area contributed by atoms with Crippen molar-refractivity contribution in [1.29, 1.82) is 0 Å². The average Bonchev–Trinajstić information content (AvgIpc) is 3.44. The molecule has 33 heavy (non-hydrogen) atoms. The van der Waals surface area contributed by atoms with Gasteiger partial charge in [-0.2, -0.15) is 5.10 Å². The molecule has 0 unspecified atom stereocenters. The Bertz CT molecular complexity index is 1050. The van der Waals surface area contributed by atoms with Gasteiger partial charge in [-0.15, -0.1) is 0 Å². The van der Waals surface area contributed by atoms with Crippen LogP contribution in [0.1, 0.15) is 50.7 Å². The van der Waals surface area contributed by atoms with Crippen molar-refractivity contribution < 1.29 is 19.2 Å². The molecule has 0 heterocycles. The van der Waals surface area contributed by atoms with Gasteiger partial charge < -0.3 is 9.47 Å². The Labute approximate surface area is 193 Å². The molecule has 2 aliphatic carbocycles. The van der Waals surface area contributed by atoms with Crippen molar-refractivity contribution in [3.8, 4) is 11.5 Å². The number of carbonyl (C=O) groups excluding carboxylic acids is 1. The number of hydrogen-bond acceptors (Lipinski definition) is 6. The molecular formula is C25H29N3O5. The standard InChI is InChI=1S/C25H29N3O5/c1-3-32-22-14-18(15-26-27-24(29)23-20-6-4-5-13-25(20,23)2)9-12-21(22)33-16-17-7-10-19(11-8-17)28(30)31/h7-12,14-15,20,23H,3-6,13,16H2,1-2H3,(H,27,29)/b26-15+/t20-,23+,25-/m1/s1. The normalized spacial score (nSPS) is 23.6. The summed E-state index contributed by atoms with van der Waals surface area (Å²) in [5.41, 5.74) is 4.50. The van der Waals surface area contributed by atoms with Gasteiger partial charge in [0.05, 0.1) is 17.7 Å². The van der Waals surface area contributed by atoms with Crippen molar-refractivity contribution in [3.63, 3.8) is 0 Å². The highest BCUT2D eigenvalue weighted by atomic mass is 16.6. The van der Waals surface area contributed by atoms with Gasteiger partial charge in [-0.1, -0.05) is 19.8 Å². The topological polar surface area (TPSA) is 103 Å². The van der Waals surface area contributed by atoms with Crippen molar-refractivity contribution >= 4 is 17.8 Å². The highest BCUT2D eigenvalue weighted by molar-refractivity contribution is 5.86. The molecule has 2 saturated carbocycles. The first-order chi connectivity index (χ1) is 15.9. The van der Waals surface area contributed by atoms with Crippen molar-refractivity contribution in [3.05, 3.63) is 63.7 Å². The molecule has 2 fully saturated rings. The number of rotatable bonds is 9. The predicted molar refractivity (Wildman–Crippen MR) is 124 cm³/mol. The Balaban J connectivity index is 1.36. The van der Waals surface area contributed by atoms with Gasteiger partial charge in [0, 0.05) is 18.1 Å². The quantitative estimate of drug-likeness (QED) is 0.333. The van der Waals surface area contributed by atoms with E-state index in [1.54, 1.807) is 24.4 Å². The number of fused-ring (bicyclic) bond motifs is 1. The number of amides is 1. The fourth-order valence-corrected chi connectivity index (χ4v) is 4.96. The van der Waals surface area contributed by atoms with Crippen molar-refractivity contribution in [1.82, 2.24) is 5.43 Å². The second-order valence-corrected chi connectivity index (χ2v) is 8.92. The molecular weight excluding hydrogens is 422 g/mol. The lowest BCUT2D eigenvalue weighted by molar-refractivity contribution is -0.384. The van der Waals surface area contributed by atoms with Crippen LogP contribution in [0.4, 0.5) is 5.69 Å². The molecule has 8 nitrogen and oxygen atoms in total. The third-order valence-corrected chi connectivity index (χ3v) is 6.81. The van der Waals surface area contributed by atoms with Crippen LogP contribution >= 0.6 is 0 Å². The number of benzene rings is 2. The van der Waals surface area contributed by atoms with E-state index < -0.39 is 4.92 Å². The number of nitro groups is 1. The van der Waals surface area contributed by atoms with Gasteiger partial charge in [-0.05, 0) is 72.6 Å². The summed E-state index contributed by atoms with van der Waals surface area (Å²) >= 11 is 0. The molecule has 174 valence electrons. The number of hydrogen-bond donors (Lipinski definition) is 1. The maximum Gasteiger partial charge on any atom is 0.269 e. The Kier molecular flexibility index (Phi) is 6.62. The molecule has 1 N–H and O–H groups in total. The fraction of sp³-hybridized carbons (Fsp3) is 0.440. The van der Waals surface area contributed by atoms with Gasteiger partial charge in [0.25, 0.3) is 5.69 Å². The number of ether oxygens (including phenoxy) is 2. The Morgan fingerprint density at radius 3 is 2.67 bits per heavy atom. The first kappa shape index (κ1) is 22.8. The van der Waals surface area contributed by atoms with Crippen LogP contribution in [0.2, 0.25) is 0 Å². The first-order valence-corrected chi connectivity index (χ1v) is 11.4. The number of carbonyl (C=O) groups is 1. The third-order valence-electron chi connectivity index (χ3n) is 6.81. The first-order valence-electron chi connectivity index (χ1n) is 11.4. The molecule has 8 heteroatoms. The van der Waals surface area contributed by atoms with E-state index in [4.69, 9.17) is 9.47 Å². The number of nitrogens with zero attached hydrogens (tertiary/aromatic N) is 2. The van der Waals surface area contributed by atoms with E-state index in [2.05, 4.69) is 17.5 Å². The summed E-state index contributed by atoms with van der Waals surface area (Å²) in [4.78, 5) is 22.9. The van der Waals surface area contributed by atoms with E-state index in [0.29, 0.717) is 24.0 Å². The predicted octanol–water partition coefficient (Wildman–Crippen LogP) is 4.85. The summed E-state index contributed by atoms with van der Waals surface area (Å²) in [6, 6.07) is 11.7. The van der Waals surface area contributed by atoms with Crippen LogP contribution in [-0.4, -0.2) is 23.7 Å². The Morgan fingerprint density at radius 1 is 1.21 bits per heavy atom. The molecule has 0 spiro atoms. The van der Waals surface area contributed by atoms with Crippen LogP contribution in [0.15, 0.2) is 47.6 Å². The molecule has 0 bridgehead atoms. The summed E-state index contributed by atoms with van der Waals surface area (Å²) in [5, 5.41) is 14.9. The molecule has 2 aliphatic rings. The Morgan fingerprint density at radius 2 is 2.00 bits per heavy atom. The summed E-state index contributed by atoms with van der Waals surface area (Å²) in [7, 11) is 0. The van der Waals surface area contributed by atoms with Crippen molar-refractivity contribution in [2.75, 3.05) is 6.61 Å². The van der Waals surface area contributed by atoms with Gasteiger partial charge in [-0.3, -0.25) is 14.9 Å². The SMILES string of the molecule is CCOc1cc(/C=N/NC(=O)[C@@H]2[C@H]3CCCC[C@]32C)ccc1OCc1ccc([N+](=O)[O-])cc1. The van der Waals surface area contributed by atoms with Crippen LogP contribution < -0.4 is 14.9 Å². The molecule has 2 aromatic carbocycles. The van der Waals surface area contributed by atoms with Crippen LogP contribution in [0.5, 0.6) is 11.5 Å².